The maximum absolute atomic E-state index is 15.1. The molecular weight excluding hydrogens is 495 g/mol. The van der Waals surface area contributed by atoms with Crippen LogP contribution in [0.1, 0.15) is 61.7 Å². The lowest BCUT2D eigenvalue weighted by atomic mass is 9.93. The number of halogens is 3. The molecule has 3 aromatic carbocycles. The van der Waals surface area contributed by atoms with Gasteiger partial charge in [0.15, 0.2) is 0 Å². The molecule has 0 radical (unpaired) electrons. The lowest BCUT2D eigenvalue weighted by Crippen LogP contribution is -2.24. The van der Waals surface area contributed by atoms with E-state index in [1.165, 1.54) is 30.3 Å². The number of unbranched alkanes of at least 4 members (excludes halogenated alkanes) is 1. The average molecular weight is 526 g/mol. The number of aliphatic hydroxyl groups excluding tert-OH is 1. The summed E-state index contributed by atoms with van der Waals surface area (Å²) in [7, 11) is 0. The van der Waals surface area contributed by atoms with E-state index in [1.807, 2.05) is 0 Å². The molecule has 3 aromatic rings. The summed E-state index contributed by atoms with van der Waals surface area (Å²) in [6.07, 6.45) is 1.91. The van der Waals surface area contributed by atoms with Crippen LogP contribution >= 0.6 is 0 Å². The van der Waals surface area contributed by atoms with Gasteiger partial charge in [-0.2, -0.15) is 5.26 Å². The van der Waals surface area contributed by atoms with Gasteiger partial charge < -0.3 is 19.3 Å². The second-order valence-electron chi connectivity index (χ2n) is 9.39. The van der Waals surface area contributed by atoms with Gasteiger partial charge in [-0.05, 0) is 60.7 Å². The first-order valence-electron chi connectivity index (χ1n) is 12.7. The van der Waals surface area contributed by atoms with Gasteiger partial charge in [-0.3, -0.25) is 0 Å². The van der Waals surface area contributed by atoms with Crippen molar-refractivity contribution in [1.82, 2.24) is 0 Å². The molecule has 0 bridgehead atoms. The second-order valence-corrected chi connectivity index (χ2v) is 9.39. The van der Waals surface area contributed by atoms with Crippen molar-refractivity contribution < 1.29 is 32.5 Å². The van der Waals surface area contributed by atoms with E-state index in [4.69, 9.17) is 19.5 Å². The Morgan fingerprint density at radius 3 is 2.53 bits per heavy atom. The first-order valence-corrected chi connectivity index (χ1v) is 12.7. The van der Waals surface area contributed by atoms with Crippen molar-refractivity contribution in [2.45, 2.75) is 45.0 Å². The van der Waals surface area contributed by atoms with E-state index in [1.54, 1.807) is 18.2 Å². The third kappa shape index (κ3) is 6.73. The van der Waals surface area contributed by atoms with Gasteiger partial charge in [0.05, 0.1) is 30.4 Å². The predicted octanol–water partition coefficient (Wildman–Crippen LogP) is 7.00. The van der Waals surface area contributed by atoms with Gasteiger partial charge in [0.2, 0.25) is 6.29 Å². The van der Waals surface area contributed by atoms with Gasteiger partial charge in [-0.1, -0.05) is 31.5 Å². The highest BCUT2D eigenvalue weighted by Crippen LogP contribution is 2.34. The molecule has 1 aliphatic rings. The molecule has 1 fully saturated rings. The Bertz CT molecular complexity index is 1280. The number of rotatable bonds is 10. The van der Waals surface area contributed by atoms with Crippen molar-refractivity contribution in [3.8, 4) is 22.9 Å². The van der Waals surface area contributed by atoms with Crippen LogP contribution in [0.5, 0.6) is 5.75 Å². The third-order valence-electron chi connectivity index (χ3n) is 6.62. The van der Waals surface area contributed by atoms with Crippen LogP contribution in [0, 0.1) is 34.7 Å². The lowest BCUT2D eigenvalue weighted by molar-refractivity contribution is -0.0437. The molecule has 0 aliphatic carbocycles. The van der Waals surface area contributed by atoms with Crippen molar-refractivity contribution in [3.63, 3.8) is 0 Å². The standard InChI is InChI=1S/C30H30F3NO4/c1-2-3-12-36-17-19-4-11-29(37-18-19)21-7-9-24(27(32)14-21)20-6-10-25(28(33)13-20)30(35)38-23-8-5-22(16-34)26(31)15-23/h5-10,13-15,19,29-30,35H,2-4,11-12,17-18H2,1H3. The van der Waals surface area contributed by atoms with E-state index >= 15 is 4.39 Å². The van der Waals surface area contributed by atoms with Crippen LogP contribution < -0.4 is 4.74 Å². The second kappa shape index (κ2) is 12.9. The minimum absolute atomic E-state index is 0.0700. The Labute approximate surface area is 220 Å². The van der Waals surface area contributed by atoms with E-state index < -0.39 is 23.7 Å². The maximum atomic E-state index is 15.1. The van der Waals surface area contributed by atoms with E-state index in [-0.39, 0.29) is 28.5 Å². The fourth-order valence-corrected chi connectivity index (χ4v) is 4.41. The van der Waals surface area contributed by atoms with Crippen LogP contribution in [0.2, 0.25) is 0 Å². The summed E-state index contributed by atoms with van der Waals surface area (Å²) in [5, 5.41) is 19.1. The molecule has 4 rings (SSSR count). The summed E-state index contributed by atoms with van der Waals surface area (Å²) in [5.41, 5.74) is 0.858. The molecular formula is C30H30F3NO4. The quantitative estimate of drug-likeness (QED) is 0.228. The number of ether oxygens (including phenoxy) is 3. The Morgan fingerprint density at radius 1 is 1.03 bits per heavy atom. The highest BCUT2D eigenvalue weighted by atomic mass is 19.1. The largest absolute Gasteiger partial charge is 0.461 e. The van der Waals surface area contributed by atoms with Gasteiger partial charge in [0.25, 0.3) is 0 Å². The monoisotopic (exact) mass is 525 g/mol. The van der Waals surface area contributed by atoms with Crippen molar-refractivity contribution in [3.05, 3.63) is 88.7 Å². The SMILES string of the molecule is CCCCOCC1CCC(c2ccc(-c3ccc(C(O)Oc4ccc(C#N)c(F)c4)c(F)c3)c(F)c2)OC1. The molecule has 0 amide bonds. The van der Waals surface area contributed by atoms with Crippen molar-refractivity contribution in [2.24, 2.45) is 5.92 Å². The highest BCUT2D eigenvalue weighted by Gasteiger charge is 2.24. The van der Waals surface area contributed by atoms with E-state index in [2.05, 4.69) is 6.92 Å². The molecule has 8 heteroatoms. The lowest BCUT2D eigenvalue weighted by Gasteiger charge is -2.29. The molecule has 5 nitrogen and oxygen atoms in total. The van der Waals surface area contributed by atoms with Crippen molar-refractivity contribution in [1.29, 1.82) is 5.26 Å². The minimum Gasteiger partial charge on any atom is -0.461 e. The fraction of sp³-hybridized carbons (Fsp3) is 0.367. The molecule has 38 heavy (non-hydrogen) atoms. The fourth-order valence-electron chi connectivity index (χ4n) is 4.41. The van der Waals surface area contributed by atoms with Gasteiger partial charge in [-0.25, -0.2) is 13.2 Å². The van der Waals surface area contributed by atoms with Crippen molar-refractivity contribution in [2.75, 3.05) is 19.8 Å². The smallest absolute Gasteiger partial charge is 0.227 e. The molecule has 0 spiro atoms. The minimum atomic E-state index is -1.73. The first-order chi connectivity index (χ1) is 18.4. The Kier molecular flexibility index (Phi) is 9.40. The summed E-state index contributed by atoms with van der Waals surface area (Å²) < 4.78 is 60.6. The normalized spacial score (nSPS) is 18.1. The summed E-state index contributed by atoms with van der Waals surface area (Å²) in [6, 6.07) is 13.8. The topological polar surface area (TPSA) is 71.7 Å². The Balaban J connectivity index is 1.39. The zero-order valence-corrected chi connectivity index (χ0v) is 21.1. The number of nitrogens with zero attached hydrogens (tertiary/aromatic N) is 1. The van der Waals surface area contributed by atoms with E-state index in [9.17, 15) is 13.9 Å². The molecule has 1 N–H and O–H groups in total. The van der Waals surface area contributed by atoms with Crippen LogP contribution in [-0.2, 0) is 9.47 Å². The molecule has 1 heterocycles. The molecule has 3 unspecified atom stereocenters. The highest BCUT2D eigenvalue weighted by molar-refractivity contribution is 5.65. The zero-order chi connectivity index (χ0) is 27.1. The van der Waals surface area contributed by atoms with Crippen LogP contribution in [0.3, 0.4) is 0 Å². The number of hydrogen-bond donors (Lipinski definition) is 1. The van der Waals surface area contributed by atoms with Crippen molar-refractivity contribution >= 4 is 0 Å². The molecule has 3 atom stereocenters. The molecule has 1 aliphatic heterocycles. The Morgan fingerprint density at radius 2 is 1.87 bits per heavy atom. The number of aliphatic hydroxyl groups is 1. The number of benzene rings is 3. The van der Waals surface area contributed by atoms with Gasteiger partial charge in [0.1, 0.15) is 29.3 Å². The predicted molar refractivity (Wildman–Crippen MR) is 136 cm³/mol. The third-order valence-corrected chi connectivity index (χ3v) is 6.62. The molecule has 1 saturated heterocycles. The van der Waals surface area contributed by atoms with Crippen LogP contribution in [0.25, 0.3) is 11.1 Å². The number of hydrogen-bond acceptors (Lipinski definition) is 5. The van der Waals surface area contributed by atoms with Gasteiger partial charge in [0, 0.05) is 24.2 Å². The van der Waals surface area contributed by atoms with Gasteiger partial charge in [-0.15, -0.1) is 0 Å². The van der Waals surface area contributed by atoms with Crippen LogP contribution in [-0.4, -0.2) is 24.9 Å². The molecule has 0 aromatic heterocycles. The van der Waals surface area contributed by atoms with Gasteiger partial charge >= 0.3 is 0 Å². The molecule has 200 valence electrons. The van der Waals surface area contributed by atoms with Crippen LogP contribution in [0.4, 0.5) is 13.2 Å². The summed E-state index contributed by atoms with van der Waals surface area (Å²) in [5.74, 6) is -1.87. The molecule has 0 saturated carbocycles. The maximum Gasteiger partial charge on any atom is 0.227 e. The summed E-state index contributed by atoms with van der Waals surface area (Å²) in [4.78, 5) is 0. The zero-order valence-electron chi connectivity index (χ0n) is 21.1. The van der Waals surface area contributed by atoms with E-state index in [0.717, 1.165) is 50.0 Å². The summed E-state index contributed by atoms with van der Waals surface area (Å²) >= 11 is 0. The van der Waals surface area contributed by atoms with E-state index in [0.29, 0.717) is 24.7 Å². The first kappa shape index (κ1) is 27.6. The average Bonchev–Trinajstić information content (AvgIpc) is 2.91. The summed E-state index contributed by atoms with van der Waals surface area (Å²) in [6.45, 7) is 4.11. The Hall–Kier alpha value is -3.38. The van der Waals surface area contributed by atoms with Crippen LogP contribution in [0.15, 0.2) is 54.6 Å². The number of nitriles is 1.